The SMILES string of the molecule is Cc1ccc(CN(CCc2ccccc2)C(=O)CN(C(=O)C2CC2)C2CCCCC2)o1. The zero-order chi connectivity index (χ0) is 21.6. The predicted molar refractivity (Wildman–Crippen MR) is 120 cm³/mol. The molecule has 2 amide bonds. The highest BCUT2D eigenvalue weighted by molar-refractivity contribution is 5.87. The zero-order valence-electron chi connectivity index (χ0n) is 18.6. The van der Waals surface area contributed by atoms with Crippen molar-refractivity contribution in [2.24, 2.45) is 5.92 Å². The fraction of sp³-hybridized carbons (Fsp3) is 0.538. The maximum absolute atomic E-state index is 13.5. The molecule has 1 aromatic heterocycles. The normalized spacial score (nSPS) is 16.8. The number of hydrogen-bond acceptors (Lipinski definition) is 3. The predicted octanol–water partition coefficient (Wildman–Crippen LogP) is 4.73. The van der Waals surface area contributed by atoms with Crippen LogP contribution in [0.1, 0.15) is 62.0 Å². The molecule has 4 rings (SSSR count). The van der Waals surface area contributed by atoms with Crippen molar-refractivity contribution in [3.05, 3.63) is 59.5 Å². The summed E-state index contributed by atoms with van der Waals surface area (Å²) in [7, 11) is 0. The Hall–Kier alpha value is -2.56. The van der Waals surface area contributed by atoms with Crippen molar-refractivity contribution >= 4 is 11.8 Å². The maximum Gasteiger partial charge on any atom is 0.242 e. The van der Waals surface area contributed by atoms with Gasteiger partial charge in [-0.3, -0.25) is 9.59 Å². The highest BCUT2D eigenvalue weighted by Crippen LogP contribution is 2.34. The number of carbonyl (C=O) groups is 2. The number of furan rings is 1. The van der Waals surface area contributed by atoms with Crippen LogP contribution in [0, 0.1) is 12.8 Å². The van der Waals surface area contributed by atoms with E-state index >= 15 is 0 Å². The minimum Gasteiger partial charge on any atom is -0.464 e. The van der Waals surface area contributed by atoms with Crippen LogP contribution in [0.2, 0.25) is 0 Å². The van der Waals surface area contributed by atoms with Crippen LogP contribution in [0.4, 0.5) is 0 Å². The van der Waals surface area contributed by atoms with E-state index in [4.69, 9.17) is 4.42 Å². The third kappa shape index (κ3) is 5.99. The summed E-state index contributed by atoms with van der Waals surface area (Å²) in [6, 6.07) is 14.3. The Morgan fingerprint density at radius 1 is 0.968 bits per heavy atom. The molecule has 2 saturated carbocycles. The van der Waals surface area contributed by atoms with E-state index in [1.165, 1.54) is 12.0 Å². The lowest BCUT2D eigenvalue weighted by Crippen LogP contribution is -2.49. The summed E-state index contributed by atoms with van der Waals surface area (Å²) in [5, 5.41) is 0. The Morgan fingerprint density at radius 2 is 1.71 bits per heavy atom. The Kier molecular flexibility index (Phi) is 7.10. The van der Waals surface area contributed by atoms with Gasteiger partial charge in [-0.15, -0.1) is 0 Å². The molecule has 0 atom stereocenters. The molecule has 2 aliphatic rings. The van der Waals surface area contributed by atoms with Crippen LogP contribution < -0.4 is 0 Å². The molecule has 0 bridgehead atoms. The molecule has 0 spiro atoms. The number of rotatable bonds is 9. The fourth-order valence-electron chi connectivity index (χ4n) is 4.55. The van der Waals surface area contributed by atoms with Crippen molar-refractivity contribution in [2.75, 3.05) is 13.1 Å². The summed E-state index contributed by atoms with van der Waals surface area (Å²) in [5.41, 5.74) is 1.20. The first-order chi connectivity index (χ1) is 15.1. The number of nitrogens with zero attached hydrogens (tertiary/aromatic N) is 2. The van der Waals surface area contributed by atoms with E-state index in [1.54, 1.807) is 0 Å². The van der Waals surface area contributed by atoms with Gasteiger partial charge in [0.05, 0.1) is 6.54 Å². The molecule has 166 valence electrons. The van der Waals surface area contributed by atoms with Crippen LogP contribution in [-0.2, 0) is 22.6 Å². The molecular formula is C26H34N2O3. The minimum atomic E-state index is 0.0181. The highest BCUT2D eigenvalue weighted by Gasteiger charge is 2.38. The first kappa shape index (κ1) is 21.7. The molecule has 0 N–H and O–H groups in total. The monoisotopic (exact) mass is 422 g/mol. The number of hydrogen-bond donors (Lipinski definition) is 0. The van der Waals surface area contributed by atoms with Crippen molar-refractivity contribution in [1.82, 2.24) is 9.80 Å². The van der Waals surface area contributed by atoms with Crippen LogP contribution in [0.3, 0.4) is 0 Å². The van der Waals surface area contributed by atoms with E-state index in [2.05, 4.69) is 12.1 Å². The molecule has 0 saturated heterocycles. The van der Waals surface area contributed by atoms with Crippen molar-refractivity contribution in [3.8, 4) is 0 Å². The summed E-state index contributed by atoms with van der Waals surface area (Å²) in [5.74, 6) is 1.98. The van der Waals surface area contributed by atoms with Crippen LogP contribution in [0.5, 0.6) is 0 Å². The van der Waals surface area contributed by atoms with Crippen molar-refractivity contribution < 1.29 is 14.0 Å². The second kappa shape index (κ2) is 10.2. The number of amides is 2. The average molecular weight is 423 g/mol. The van der Waals surface area contributed by atoms with Gasteiger partial charge in [0.25, 0.3) is 0 Å². The first-order valence-electron chi connectivity index (χ1n) is 11.8. The van der Waals surface area contributed by atoms with Gasteiger partial charge in [-0.25, -0.2) is 0 Å². The molecular weight excluding hydrogens is 388 g/mol. The lowest BCUT2D eigenvalue weighted by molar-refractivity contribution is -0.144. The molecule has 5 heteroatoms. The van der Waals surface area contributed by atoms with Crippen LogP contribution in [0.25, 0.3) is 0 Å². The van der Waals surface area contributed by atoms with Crippen molar-refractivity contribution in [2.45, 2.75) is 70.9 Å². The summed E-state index contributed by atoms with van der Waals surface area (Å²) in [6.45, 7) is 3.15. The fourth-order valence-corrected chi connectivity index (χ4v) is 4.55. The van der Waals surface area contributed by atoms with Crippen molar-refractivity contribution in [3.63, 3.8) is 0 Å². The van der Waals surface area contributed by atoms with E-state index < -0.39 is 0 Å². The Balaban J connectivity index is 1.47. The highest BCUT2D eigenvalue weighted by atomic mass is 16.3. The molecule has 2 aromatic rings. The Morgan fingerprint density at radius 3 is 2.35 bits per heavy atom. The molecule has 2 aliphatic carbocycles. The van der Waals surface area contributed by atoms with Gasteiger partial charge in [0.1, 0.15) is 18.1 Å². The number of aryl methyl sites for hydroxylation is 1. The van der Waals surface area contributed by atoms with Gasteiger partial charge >= 0.3 is 0 Å². The molecule has 1 aromatic carbocycles. The largest absolute Gasteiger partial charge is 0.464 e. The van der Waals surface area contributed by atoms with Crippen LogP contribution >= 0.6 is 0 Å². The van der Waals surface area contributed by atoms with E-state index in [-0.39, 0.29) is 30.3 Å². The van der Waals surface area contributed by atoms with Gasteiger partial charge < -0.3 is 14.2 Å². The summed E-state index contributed by atoms with van der Waals surface area (Å²) in [4.78, 5) is 30.3. The van der Waals surface area contributed by atoms with E-state index in [0.29, 0.717) is 13.1 Å². The summed E-state index contributed by atoms with van der Waals surface area (Å²) in [6.07, 6.45) is 8.30. The third-order valence-corrected chi connectivity index (χ3v) is 6.54. The molecule has 31 heavy (non-hydrogen) atoms. The third-order valence-electron chi connectivity index (χ3n) is 6.54. The summed E-state index contributed by atoms with van der Waals surface area (Å²) >= 11 is 0. The topological polar surface area (TPSA) is 53.8 Å². The van der Waals surface area contributed by atoms with Crippen LogP contribution in [0.15, 0.2) is 46.9 Å². The molecule has 0 radical (unpaired) electrons. The lowest BCUT2D eigenvalue weighted by atomic mass is 9.93. The number of carbonyl (C=O) groups excluding carboxylic acids is 2. The van der Waals surface area contributed by atoms with Crippen LogP contribution in [-0.4, -0.2) is 40.7 Å². The molecule has 0 unspecified atom stereocenters. The van der Waals surface area contributed by atoms with Gasteiger partial charge in [-0.05, 0) is 56.7 Å². The van der Waals surface area contributed by atoms with E-state index in [0.717, 1.165) is 56.5 Å². The van der Waals surface area contributed by atoms with E-state index in [1.807, 2.05) is 47.1 Å². The van der Waals surface area contributed by atoms with Gasteiger partial charge in [-0.1, -0.05) is 49.6 Å². The first-order valence-corrected chi connectivity index (χ1v) is 11.8. The number of benzene rings is 1. The Bertz CT molecular complexity index is 866. The standard InChI is InChI=1S/C26H34N2O3/c1-20-12-15-24(31-20)18-27(17-16-21-8-4-2-5-9-21)25(29)19-28(26(30)22-13-14-22)23-10-6-3-7-11-23/h2,4-5,8-9,12,15,22-23H,3,6-7,10-11,13-14,16-19H2,1H3. The minimum absolute atomic E-state index is 0.0181. The second-order valence-electron chi connectivity index (χ2n) is 9.10. The lowest BCUT2D eigenvalue weighted by Gasteiger charge is -2.35. The van der Waals surface area contributed by atoms with Crippen molar-refractivity contribution in [1.29, 1.82) is 0 Å². The van der Waals surface area contributed by atoms with Gasteiger partial charge in [-0.2, -0.15) is 0 Å². The zero-order valence-corrected chi connectivity index (χ0v) is 18.6. The van der Waals surface area contributed by atoms with Gasteiger partial charge in [0, 0.05) is 18.5 Å². The van der Waals surface area contributed by atoms with Gasteiger partial charge in [0.15, 0.2) is 0 Å². The second-order valence-corrected chi connectivity index (χ2v) is 9.10. The summed E-state index contributed by atoms with van der Waals surface area (Å²) < 4.78 is 5.76. The Labute approximate surface area is 185 Å². The maximum atomic E-state index is 13.5. The molecule has 2 fully saturated rings. The molecule has 1 heterocycles. The van der Waals surface area contributed by atoms with Gasteiger partial charge in [0.2, 0.25) is 11.8 Å². The smallest absolute Gasteiger partial charge is 0.242 e. The molecule has 0 aliphatic heterocycles. The average Bonchev–Trinajstić information content (AvgIpc) is 3.57. The molecule has 5 nitrogen and oxygen atoms in total. The van der Waals surface area contributed by atoms with E-state index in [9.17, 15) is 9.59 Å². The quantitative estimate of drug-likeness (QED) is 0.587.